The summed E-state index contributed by atoms with van der Waals surface area (Å²) >= 11 is 5.71. The van der Waals surface area contributed by atoms with Crippen LogP contribution in [-0.4, -0.2) is 16.2 Å². The zero-order chi connectivity index (χ0) is 13.4. The van der Waals surface area contributed by atoms with Crippen molar-refractivity contribution in [2.75, 3.05) is 12.3 Å². The fourth-order valence-electron chi connectivity index (χ4n) is 2.23. The molecule has 0 saturated carbocycles. The summed E-state index contributed by atoms with van der Waals surface area (Å²) in [5, 5.41) is 0.0457. The van der Waals surface area contributed by atoms with Crippen molar-refractivity contribution in [3.63, 3.8) is 0 Å². The second-order valence-corrected chi connectivity index (χ2v) is 4.81. The second kappa shape index (κ2) is 4.59. The van der Waals surface area contributed by atoms with Crippen molar-refractivity contribution in [2.45, 2.75) is 12.5 Å². The Morgan fingerprint density at radius 3 is 3.11 bits per heavy atom. The van der Waals surface area contributed by atoms with Gasteiger partial charge in [-0.2, -0.15) is 0 Å². The predicted molar refractivity (Wildman–Crippen MR) is 72.6 cm³/mol. The number of halogens is 1. The van der Waals surface area contributed by atoms with E-state index in [2.05, 4.69) is 4.98 Å². The molecule has 0 radical (unpaired) electrons. The molecule has 98 valence electrons. The maximum atomic E-state index is 12.0. The van der Waals surface area contributed by atoms with Gasteiger partial charge in [-0.15, -0.1) is 0 Å². The highest BCUT2D eigenvalue weighted by Crippen LogP contribution is 2.34. The van der Waals surface area contributed by atoms with Crippen LogP contribution in [0.5, 0.6) is 5.75 Å². The third kappa shape index (κ3) is 2.06. The number of anilines is 1. The molecule has 1 aliphatic heterocycles. The third-order valence-corrected chi connectivity index (χ3v) is 3.54. The largest absolute Gasteiger partial charge is 0.493 e. The quantitative estimate of drug-likeness (QED) is 0.848. The molecule has 0 fully saturated rings. The first kappa shape index (κ1) is 12.0. The maximum Gasteiger partial charge on any atom is 0.278 e. The van der Waals surface area contributed by atoms with Gasteiger partial charge >= 0.3 is 0 Å². The average molecular weight is 278 g/mol. The number of nitrogens with two attached hydrogens (primary N) is 1. The fraction of sp³-hybridized carbons (Fsp3) is 0.231. The van der Waals surface area contributed by atoms with Crippen LogP contribution in [0.2, 0.25) is 5.15 Å². The number of ether oxygens (including phenoxy) is 1. The van der Waals surface area contributed by atoms with Crippen LogP contribution in [0, 0.1) is 0 Å². The molecule has 19 heavy (non-hydrogen) atoms. The Bertz CT molecular complexity index is 684. The predicted octanol–water partition coefficient (Wildman–Crippen LogP) is 1.66. The number of hydrogen-bond donors (Lipinski definition) is 1. The Morgan fingerprint density at radius 2 is 2.26 bits per heavy atom. The highest BCUT2D eigenvalue weighted by molar-refractivity contribution is 6.31. The lowest BCUT2D eigenvalue weighted by molar-refractivity contribution is 0.317. The highest BCUT2D eigenvalue weighted by Gasteiger charge is 2.24. The van der Waals surface area contributed by atoms with Crippen molar-refractivity contribution in [1.82, 2.24) is 9.55 Å². The smallest absolute Gasteiger partial charge is 0.278 e. The standard InChI is InChI=1S/C13H12ClN3O2/c14-12-11(15)13(18)17(7-16-12)5-8-6-19-10-4-2-1-3-9(8)10/h1-4,7-8H,5-6,15H2. The van der Waals surface area contributed by atoms with Gasteiger partial charge in [0.15, 0.2) is 5.15 Å². The summed E-state index contributed by atoms with van der Waals surface area (Å²) in [6.07, 6.45) is 1.42. The molecule has 0 spiro atoms. The Kier molecular flexibility index (Phi) is 2.91. The number of rotatable bonds is 2. The van der Waals surface area contributed by atoms with Crippen LogP contribution < -0.4 is 16.0 Å². The SMILES string of the molecule is Nc1c(Cl)ncn(CC2COc3ccccc32)c1=O. The van der Waals surface area contributed by atoms with Crippen LogP contribution in [0.1, 0.15) is 11.5 Å². The Balaban J connectivity index is 1.92. The minimum atomic E-state index is -0.315. The van der Waals surface area contributed by atoms with Crippen LogP contribution in [0.4, 0.5) is 5.69 Å². The van der Waals surface area contributed by atoms with E-state index in [9.17, 15) is 4.79 Å². The van der Waals surface area contributed by atoms with Crippen LogP contribution in [0.3, 0.4) is 0 Å². The number of hydrogen-bond acceptors (Lipinski definition) is 4. The summed E-state index contributed by atoms with van der Waals surface area (Å²) in [6, 6.07) is 7.81. The van der Waals surface area contributed by atoms with Crippen molar-refractivity contribution < 1.29 is 4.74 Å². The van der Waals surface area contributed by atoms with E-state index in [4.69, 9.17) is 22.1 Å². The summed E-state index contributed by atoms with van der Waals surface area (Å²) in [6.45, 7) is 1.03. The minimum Gasteiger partial charge on any atom is -0.493 e. The van der Waals surface area contributed by atoms with E-state index in [0.29, 0.717) is 13.2 Å². The fourth-order valence-corrected chi connectivity index (χ4v) is 2.36. The van der Waals surface area contributed by atoms with Gasteiger partial charge in [0, 0.05) is 18.0 Å². The van der Waals surface area contributed by atoms with Crippen molar-refractivity contribution in [3.8, 4) is 5.75 Å². The molecule has 2 heterocycles. The lowest BCUT2D eigenvalue weighted by Crippen LogP contribution is -2.26. The first-order valence-corrected chi connectivity index (χ1v) is 6.26. The lowest BCUT2D eigenvalue weighted by Gasteiger charge is -2.11. The zero-order valence-electron chi connectivity index (χ0n) is 10.0. The summed E-state index contributed by atoms with van der Waals surface area (Å²) in [5.41, 5.74) is 6.36. The summed E-state index contributed by atoms with van der Waals surface area (Å²) in [5.74, 6) is 0.992. The maximum absolute atomic E-state index is 12.0. The summed E-state index contributed by atoms with van der Waals surface area (Å²) in [4.78, 5) is 15.9. The number of nitrogen functional groups attached to an aromatic ring is 1. The Hall–Kier alpha value is -2.01. The first-order valence-electron chi connectivity index (χ1n) is 5.89. The topological polar surface area (TPSA) is 70.1 Å². The molecule has 2 aromatic rings. The molecule has 6 heteroatoms. The van der Waals surface area contributed by atoms with Gasteiger partial charge in [0.25, 0.3) is 5.56 Å². The number of nitrogens with zero attached hydrogens (tertiary/aromatic N) is 2. The molecule has 0 bridgehead atoms. The molecule has 1 atom stereocenters. The van der Waals surface area contributed by atoms with E-state index in [-0.39, 0.29) is 22.3 Å². The van der Waals surface area contributed by atoms with Gasteiger partial charge < -0.3 is 10.5 Å². The minimum absolute atomic E-state index is 0.0173. The van der Waals surface area contributed by atoms with Crippen LogP contribution >= 0.6 is 11.6 Å². The van der Waals surface area contributed by atoms with Gasteiger partial charge in [-0.1, -0.05) is 29.8 Å². The molecule has 0 amide bonds. The average Bonchev–Trinajstić information content (AvgIpc) is 2.83. The molecule has 1 aromatic heterocycles. The number of para-hydroxylation sites is 1. The number of aromatic nitrogens is 2. The summed E-state index contributed by atoms with van der Waals surface area (Å²) < 4.78 is 7.05. The van der Waals surface area contributed by atoms with E-state index < -0.39 is 0 Å². The third-order valence-electron chi connectivity index (χ3n) is 3.24. The van der Waals surface area contributed by atoms with Gasteiger partial charge in [0.2, 0.25) is 0 Å². The van der Waals surface area contributed by atoms with E-state index in [1.165, 1.54) is 10.9 Å². The molecule has 1 aliphatic rings. The van der Waals surface area contributed by atoms with E-state index >= 15 is 0 Å². The molecule has 5 nitrogen and oxygen atoms in total. The molecule has 1 unspecified atom stereocenters. The molecule has 3 rings (SSSR count). The summed E-state index contributed by atoms with van der Waals surface area (Å²) in [7, 11) is 0. The molecular formula is C13H12ClN3O2. The van der Waals surface area contributed by atoms with Crippen molar-refractivity contribution in [1.29, 1.82) is 0 Å². The van der Waals surface area contributed by atoms with Gasteiger partial charge in [0.1, 0.15) is 11.4 Å². The highest BCUT2D eigenvalue weighted by atomic mass is 35.5. The lowest BCUT2D eigenvalue weighted by atomic mass is 10.0. The number of fused-ring (bicyclic) bond motifs is 1. The van der Waals surface area contributed by atoms with Gasteiger partial charge in [-0.05, 0) is 6.07 Å². The van der Waals surface area contributed by atoms with Crippen molar-refractivity contribution >= 4 is 17.3 Å². The van der Waals surface area contributed by atoms with E-state index in [1.54, 1.807) is 0 Å². The molecule has 0 saturated heterocycles. The van der Waals surface area contributed by atoms with Gasteiger partial charge in [0.05, 0.1) is 12.9 Å². The molecule has 0 aliphatic carbocycles. The van der Waals surface area contributed by atoms with Crippen molar-refractivity contribution in [2.24, 2.45) is 0 Å². The molecule has 1 aromatic carbocycles. The van der Waals surface area contributed by atoms with Crippen LogP contribution in [0.15, 0.2) is 35.4 Å². The Morgan fingerprint density at radius 1 is 1.47 bits per heavy atom. The Labute approximate surface area is 114 Å². The van der Waals surface area contributed by atoms with E-state index in [1.807, 2.05) is 24.3 Å². The van der Waals surface area contributed by atoms with Crippen molar-refractivity contribution in [3.05, 3.63) is 51.7 Å². The zero-order valence-corrected chi connectivity index (χ0v) is 10.8. The second-order valence-electron chi connectivity index (χ2n) is 4.45. The molecular weight excluding hydrogens is 266 g/mol. The monoisotopic (exact) mass is 277 g/mol. The normalized spacial score (nSPS) is 17.0. The number of benzene rings is 1. The van der Waals surface area contributed by atoms with Crippen LogP contribution in [-0.2, 0) is 6.54 Å². The van der Waals surface area contributed by atoms with Crippen LogP contribution in [0.25, 0.3) is 0 Å². The first-order chi connectivity index (χ1) is 9.16. The molecule has 2 N–H and O–H groups in total. The van der Waals surface area contributed by atoms with Gasteiger partial charge in [-0.3, -0.25) is 9.36 Å². The van der Waals surface area contributed by atoms with E-state index in [0.717, 1.165) is 11.3 Å². The van der Waals surface area contributed by atoms with Gasteiger partial charge in [-0.25, -0.2) is 4.98 Å².